The van der Waals surface area contributed by atoms with Crippen molar-refractivity contribution in [2.75, 3.05) is 31.2 Å². The van der Waals surface area contributed by atoms with E-state index < -0.39 is 9.84 Å². The summed E-state index contributed by atoms with van der Waals surface area (Å²) in [4.78, 5) is 25.7. The minimum Gasteiger partial charge on any atom is -0.484 e. The number of carbonyl (C=O) groups excluding carboxylic acids is 2. The Morgan fingerprint density at radius 2 is 1.86 bits per heavy atom. The van der Waals surface area contributed by atoms with E-state index in [4.69, 9.17) is 4.74 Å². The Labute approximate surface area is 172 Å². The number of ether oxygens (including phenoxy) is 1. The third-order valence-electron chi connectivity index (χ3n) is 4.90. The van der Waals surface area contributed by atoms with E-state index in [0.717, 1.165) is 5.56 Å². The summed E-state index contributed by atoms with van der Waals surface area (Å²) in [5, 5.41) is 4.09. The second-order valence-electron chi connectivity index (χ2n) is 7.08. The molecule has 1 aromatic rings. The van der Waals surface area contributed by atoms with Gasteiger partial charge >= 0.3 is 0 Å². The molecule has 1 aliphatic rings. The van der Waals surface area contributed by atoms with Gasteiger partial charge in [-0.25, -0.2) is 13.8 Å². The molecule has 9 heteroatoms. The van der Waals surface area contributed by atoms with E-state index in [9.17, 15) is 18.0 Å². The molecule has 0 aromatic heterocycles. The Morgan fingerprint density at radius 3 is 2.41 bits per heavy atom. The number of hydrogen-bond acceptors (Lipinski definition) is 6. The van der Waals surface area contributed by atoms with Gasteiger partial charge in [0.1, 0.15) is 5.75 Å². The van der Waals surface area contributed by atoms with Gasteiger partial charge in [0.2, 0.25) is 5.91 Å². The molecule has 29 heavy (non-hydrogen) atoms. The Kier molecular flexibility index (Phi) is 8.19. The molecule has 8 nitrogen and oxygen atoms in total. The average molecular weight is 424 g/mol. The Bertz CT molecular complexity index is 845. The number of rotatable bonds is 9. The van der Waals surface area contributed by atoms with Gasteiger partial charge in [0.15, 0.2) is 16.4 Å². The number of benzene rings is 1. The summed E-state index contributed by atoms with van der Waals surface area (Å²) in [6, 6.07) is 7.08. The number of carbonyl (C=O) groups is 2. The summed E-state index contributed by atoms with van der Waals surface area (Å²) in [7, 11) is -2.99. The zero-order valence-corrected chi connectivity index (χ0v) is 18.0. The van der Waals surface area contributed by atoms with Crippen molar-refractivity contribution in [3.8, 4) is 5.75 Å². The lowest BCUT2D eigenvalue weighted by Crippen LogP contribution is -2.34. The molecule has 1 saturated heterocycles. The lowest BCUT2D eigenvalue weighted by Gasteiger charge is -2.18. The number of hydrazone groups is 1. The fourth-order valence-electron chi connectivity index (χ4n) is 3.16. The summed E-state index contributed by atoms with van der Waals surface area (Å²) >= 11 is 0. The van der Waals surface area contributed by atoms with Crippen LogP contribution in [0.1, 0.15) is 39.2 Å². The standard InChI is InChI=1S/C20H29N3O5S/c1-4-23(5-2)20(25)13-28-18-8-6-17(7-9-18)15(3)21-22-19(24)12-16-10-11-29(26,27)14-16/h6-9,16H,4-5,10-14H2,1-3H3,(H,22,24)/b21-15-/t16-/m1/s1. The Hall–Kier alpha value is -2.42. The van der Waals surface area contributed by atoms with Crippen LogP contribution in [-0.2, 0) is 19.4 Å². The molecule has 0 radical (unpaired) electrons. The van der Waals surface area contributed by atoms with Crippen molar-refractivity contribution in [1.82, 2.24) is 10.3 Å². The highest BCUT2D eigenvalue weighted by Crippen LogP contribution is 2.21. The topological polar surface area (TPSA) is 105 Å². The Morgan fingerprint density at radius 1 is 1.21 bits per heavy atom. The molecule has 0 saturated carbocycles. The molecule has 2 amide bonds. The number of hydrogen-bond donors (Lipinski definition) is 1. The molecule has 160 valence electrons. The van der Waals surface area contributed by atoms with E-state index in [2.05, 4.69) is 10.5 Å². The molecule has 1 aliphatic heterocycles. The fraction of sp³-hybridized carbons (Fsp3) is 0.550. The van der Waals surface area contributed by atoms with Crippen molar-refractivity contribution >= 4 is 27.4 Å². The van der Waals surface area contributed by atoms with Crippen molar-refractivity contribution in [3.05, 3.63) is 29.8 Å². The van der Waals surface area contributed by atoms with E-state index in [1.807, 2.05) is 13.8 Å². The van der Waals surface area contributed by atoms with Crippen LogP contribution in [0.3, 0.4) is 0 Å². The van der Waals surface area contributed by atoms with E-state index >= 15 is 0 Å². The van der Waals surface area contributed by atoms with E-state index in [-0.39, 0.29) is 42.3 Å². The minimum atomic E-state index is -2.99. The smallest absolute Gasteiger partial charge is 0.260 e. The normalized spacial score (nSPS) is 18.3. The number of amides is 2. The first-order valence-electron chi connectivity index (χ1n) is 9.78. The van der Waals surface area contributed by atoms with Crippen LogP contribution in [0.15, 0.2) is 29.4 Å². The largest absolute Gasteiger partial charge is 0.484 e. The monoisotopic (exact) mass is 423 g/mol. The SMILES string of the molecule is CCN(CC)C(=O)COc1ccc(/C(C)=N\NC(=O)C[C@H]2CCS(=O)(=O)C2)cc1. The van der Waals surface area contributed by atoms with Crippen LogP contribution >= 0.6 is 0 Å². The zero-order chi connectivity index (χ0) is 21.4. The van der Waals surface area contributed by atoms with E-state index in [0.29, 0.717) is 31.0 Å². The Balaban J connectivity index is 1.83. The molecule has 0 spiro atoms. The molecule has 0 bridgehead atoms. The summed E-state index contributed by atoms with van der Waals surface area (Å²) in [6.45, 7) is 6.89. The van der Waals surface area contributed by atoms with Crippen LogP contribution in [-0.4, -0.2) is 62.0 Å². The van der Waals surface area contributed by atoms with Gasteiger partial charge in [0.25, 0.3) is 5.91 Å². The third kappa shape index (κ3) is 7.16. The van der Waals surface area contributed by atoms with Crippen LogP contribution in [0, 0.1) is 5.92 Å². The van der Waals surface area contributed by atoms with Crippen molar-refractivity contribution in [3.63, 3.8) is 0 Å². The molecule has 0 unspecified atom stereocenters. The zero-order valence-electron chi connectivity index (χ0n) is 17.2. The highest BCUT2D eigenvalue weighted by atomic mass is 32.2. The van der Waals surface area contributed by atoms with Crippen LogP contribution in [0.2, 0.25) is 0 Å². The summed E-state index contributed by atoms with van der Waals surface area (Å²) in [5.41, 5.74) is 3.90. The van der Waals surface area contributed by atoms with Gasteiger partial charge in [-0.3, -0.25) is 9.59 Å². The number of nitrogens with zero attached hydrogens (tertiary/aromatic N) is 2. The molecule has 1 fully saturated rings. The van der Waals surface area contributed by atoms with Crippen molar-refractivity contribution < 1.29 is 22.7 Å². The van der Waals surface area contributed by atoms with Crippen molar-refractivity contribution in [2.45, 2.75) is 33.6 Å². The van der Waals surface area contributed by atoms with Crippen molar-refractivity contribution in [2.24, 2.45) is 11.0 Å². The fourth-order valence-corrected chi connectivity index (χ4v) is 5.02. The van der Waals surface area contributed by atoms with Crippen LogP contribution in [0.5, 0.6) is 5.75 Å². The summed E-state index contributed by atoms with van der Waals surface area (Å²) in [5.74, 6) is 0.319. The molecule has 1 atom stereocenters. The third-order valence-corrected chi connectivity index (χ3v) is 6.74. The van der Waals surface area contributed by atoms with E-state index in [1.165, 1.54) is 0 Å². The van der Waals surface area contributed by atoms with Crippen molar-refractivity contribution in [1.29, 1.82) is 0 Å². The second kappa shape index (κ2) is 10.4. The molecular formula is C20H29N3O5S. The highest BCUT2D eigenvalue weighted by molar-refractivity contribution is 7.91. The number of sulfone groups is 1. The molecule has 1 N–H and O–H groups in total. The van der Waals surface area contributed by atoms with Crippen LogP contribution in [0.25, 0.3) is 0 Å². The first-order valence-corrected chi connectivity index (χ1v) is 11.6. The first kappa shape index (κ1) is 22.9. The molecule has 1 heterocycles. The maximum Gasteiger partial charge on any atom is 0.260 e. The average Bonchev–Trinajstić information content (AvgIpc) is 3.04. The summed E-state index contributed by atoms with van der Waals surface area (Å²) < 4.78 is 28.4. The molecule has 0 aliphatic carbocycles. The maximum absolute atomic E-state index is 12.0. The van der Waals surface area contributed by atoms with Crippen LogP contribution in [0.4, 0.5) is 0 Å². The van der Waals surface area contributed by atoms with Crippen LogP contribution < -0.4 is 10.2 Å². The highest BCUT2D eigenvalue weighted by Gasteiger charge is 2.29. The molecule has 2 rings (SSSR count). The maximum atomic E-state index is 12.0. The van der Waals surface area contributed by atoms with E-state index in [1.54, 1.807) is 36.1 Å². The predicted octanol–water partition coefficient (Wildman–Crippen LogP) is 1.60. The van der Waals surface area contributed by atoms with Gasteiger partial charge in [0, 0.05) is 19.5 Å². The van der Waals surface area contributed by atoms with Gasteiger partial charge < -0.3 is 9.64 Å². The lowest BCUT2D eigenvalue weighted by atomic mass is 10.1. The number of likely N-dealkylation sites (N-methyl/N-ethyl adjacent to an activating group) is 1. The minimum absolute atomic E-state index is 0.0129. The molecular weight excluding hydrogens is 394 g/mol. The van der Waals surface area contributed by atoms with Gasteiger partial charge in [0.05, 0.1) is 17.2 Å². The lowest BCUT2D eigenvalue weighted by molar-refractivity contribution is -0.133. The first-order chi connectivity index (χ1) is 13.7. The van der Waals surface area contributed by atoms with Gasteiger partial charge in [-0.15, -0.1) is 0 Å². The quantitative estimate of drug-likeness (QED) is 0.480. The predicted molar refractivity (Wildman–Crippen MR) is 112 cm³/mol. The van der Waals surface area contributed by atoms with Gasteiger partial charge in [-0.2, -0.15) is 5.10 Å². The van der Waals surface area contributed by atoms with Gasteiger partial charge in [-0.05, 0) is 62.9 Å². The van der Waals surface area contributed by atoms with Gasteiger partial charge in [-0.1, -0.05) is 0 Å². The summed E-state index contributed by atoms with van der Waals surface area (Å²) in [6.07, 6.45) is 0.681. The number of nitrogens with one attached hydrogen (secondary N) is 1. The molecule has 1 aromatic carbocycles. The second-order valence-corrected chi connectivity index (χ2v) is 9.31.